The molecule has 0 bridgehead atoms. The highest BCUT2D eigenvalue weighted by Crippen LogP contribution is 2.20. The van der Waals surface area contributed by atoms with Gasteiger partial charge in [-0.3, -0.25) is 4.79 Å². The normalized spacial score (nSPS) is 10.3. The maximum absolute atomic E-state index is 12.9. The number of amides is 1. The van der Waals surface area contributed by atoms with Gasteiger partial charge in [0.2, 0.25) is 0 Å². The van der Waals surface area contributed by atoms with Gasteiger partial charge in [0.15, 0.2) is 5.82 Å². The summed E-state index contributed by atoms with van der Waals surface area (Å²) in [5, 5.41) is 13.9. The zero-order valence-corrected chi connectivity index (χ0v) is 14.4. The quantitative estimate of drug-likeness (QED) is 0.734. The Morgan fingerprint density at radius 1 is 1.00 bits per heavy atom. The van der Waals surface area contributed by atoms with Crippen LogP contribution in [0.5, 0.6) is 0 Å². The third kappa shape index (κ3) is 4.32. The van der Waals surface area contributed by atoms with E-state index in [-0.39, 0.29) is 11.7 Å². The van der Waals surface area contributed by atoms with Gasteiger partial charge in [-0.15, -0.1) is 5.10 Å². The zero-order valence-electron chi connectivity index (χ0n) is 14.4. The molecule has 1 aromatic heterocycles. The average molecular weight is 351 g/mol. The molecule has 0 saturated heterocycles. The lowest BCUT2D eigenvalue weighted by Crippen LogP contribution is -2.11. The van der Waals surface area contributed by atoms with Crippen molar-refractivity contribution in [1.29, 1.82) is 0 Å². The van der Waals surface area contributed by atoms with Gasteiger partial charge in [0.25, 0.3) is 5.91 Å². The number of hydrogen-bond donors (Lipinski definition) is 2. The summed E-state index contributed by atoms with van der Waals surface area (Å²) < 4.78 is 12.9. The molecule has 132 valence electrons. The third-order valence-corrected chi connectivity index (χ3v) is 3.68. The van der Waals surface area contributed by atoms with Gasteiger partial charge in [-0.05, 0) is 48.5 Å². The highest BCUT2D eigenvalue weighted by atomic mass is 19.1. The van der Waals surface area contributed by atoms with Crippen LogP contribution in [0.3, 0.4) is 0 Å². The van der Waals surface area contributed by atoms with Crippen LogP contribution in [0.1, 0.15) is 10.4 Å². The van der Waals surface area contributed by atoms with Gasteiger partial charge in [0.05, 0.1) is 11.9 Å². The summed E-state index contributed by atoms with van der Waals surface area (Å²) in [6.07, 6.45) is 1.68. The molecule has 0 unspecified atom stereocenters. The van der Waals surface area contributed by atoms with E-state index < -0.39 is 0 Å². The Kier molecular flexibility index (Phi) is 5.07. The Labute approximate surface area is 150 Å². The van der Waals surface area contributed by atoms with Crippen LogP contribution in [0.4, 0.5) is 27.3 Å². The summed E-state index contributed by atoms with van der Waals surface area (Å²) in [6.45, 7) is 0. The highest BCUT2D eigenvalue weighted by molar-refractivity contribution is 6.04. The number of benzene rings is 2. The minimum Gasteiger partial charge on any atom is -0.376 e. The second-order valence-corrected chi connectivity index (χ2v) is 5.86. The molecule has 0 fully saturated rings. The van der Waals surface area contributed by atoms with Crippen LogP contribution < -0.4 is 15.5 Å². The first-order valence-corrected chi connectivity index (χ1v) is 7.95. The van der Waals surface area contributed by atoms with E-state index in [1.165, 1.54) is 24.3 Å². The van der Waals surface area contributed by atoms with E-state index in [0.29, 0.717) is 17.1 Å². The van der Waals surface area contributed by atoms with Gasteiger partial charge >= 0.3 is 0 Å². The first kappa shape index (κ1) is 17.3. The molecular formula is C19H18FN5O. The van der Waals surface area contributed by atoms with Crippen LogP contribution in [-0.4, -0.2) is 30.2 Å². The van der Waals surface area contributed by atoms with Crippen LogP contribution >= 0.6 is 0 Å². The Hall–Kier alpha value is -3.48. The molecule has 0 aliphatic carbocycles. The minimum atomic E-state index is -0.376. The maximum Gasteiger partial charge on any atom is 0.255 e. The molecule has 6 nitrogen and oxygen atoms in total. The standard InChI is InChI=1S/C19H18FN5O/c1-25(2)17-11-18(24-21-12-17)22-15-7-9-16(10-8-15)23-19(26)13-3-5-14(20)6-4-13/h3-12H,1-2H3,(H,22,24)(H,23,26). The number of aromatic nitrogens is 2. The largest absolute Gasteiger partial charge is 0.376 e. The van der Waals surface area contributed by atoms with Crippen molar-refractivity contribution >= 4 is 28.8 Å². The number of nitrogens with zero attached hydrogens (tertiary/aromatic N) is 3. The van der Waals surface area contributed by atoms with Crippen molar-refractivity contribution < 1.29 is 9.18 Å². The molecule has 0 spiro atoms. The first-order chi connectivity index (χ1) is 12.5. The van der Waals surface area contributed by atoms with Crippen LogP contribution in [0.15, 0.2) is 60.8 Å². The van der Waals surface area contributed by atoms with Crippen LogP contribution in [0, 0.1) is 5.82 Å². The second kappa shape index (κ2) is 7.60. The van der Waals surface area contributed by atoms with E-state index in [2.05, 4.69) is 20.8 Å². The lowest BCUT2D eigenvalue weighted by atomic mass is 10.2. The fourth-order valence-corrected chi connectivity index (χ4v) is 2.25. The SMILES string of the molecule is CN(C)c1cnnc(Nc2ccc(NC(=O)c3ccc(F)cc3)cc2)c1. The average Bonchev–Trinajstić information content (AvgIpc) is 2.64. The van der Waals surface area contributed by atoms with Crippen LogP contribution in [0.25, 0.3) is 0 Å². The summed E-state index contributed by atoms with van der Waals surface area (Å²) >= 11 is 0. The van der Waals surface area contributed by atoms with Crippen molar-refractivity contribution in [2.75, 3.05) is 29.6 Å². The molecule has 3 aromatic rings. The minimum absolute atomic E-state index is 0.296. The number of nitrogens with one attached hydrogen (secondary N) is 2. The van der Waals surface area contributed by atoms with E-state index >= 15 is 0 Å². The third-order valence-electron chi connectivity index (χ3n) is 3.68. The van der Waals surface area contributed by atoms with Crippen LogP contribution in [0.2, 0.25) is 0 Å². The predicted octanol–water partition coefficient (Wildman–Crippen LogP) is 3.68. The number of carbonyl (C=O) groups excluding carboxylic acids is 1. The summed E-state index contributed by atoms with van der Waals surface area (Å²) in [5.41, 5.74) is 2.78. The lowest BCUT2D eigenvalue weighted by molar-refractivity contribution is 0.102. The Morgan fingerprint density at radius 2 is 1.65 bits per heavy atom. The van der Waals surface area contributed by atoms with E-state index in [4.69, 9.17) is 0 Å². The molecule has 2 aromatic carbocycles. The topological polar surface area (TPSA) is 70.2 Å². The van der Waals surface area contributed by atoms with E-state index in [1.54, 1.807) is 18.3 Å². The Balaban J connectivity index is 1.66. The molecule has 1 amide bonds. The van der Waals surface area contributed by atoms with E-state index in [9.17, 15) is 9.18 Å². The van der Waals surface area contributed by atoms with Crippen molar-refractivity contribution in [3.63, 3.8) is 0 Å². The lowest BCUT2D eigenvalue weighted by Gasteiger charge is -2.13. The summed E-state index contributed by atoms with van der Waals surface area (Å²) in [6, 6.07) is 14.5. The fraction of sp³-hybridized carbons (Fsp3) is 0.105. The molecule has 1 heterocycles. The maximum atomic E-state index is 12.9. The Morgan fingerprint density at radius 3 is 2.31 bits per heavy atom. The van der Waals surface area contributed by atoms with Gasteiger partial charge < -0.3 is 15.5 Å². The van der Waals surface area contributed by atoms with Crippen molar-refractivity contribution in [3.8, 4) is 0 Å². The van der Waals surface area contributed by atoms with Crippen LogP contribution in [-0.2, 0) is 0 Å². The van der Waals surface area contributed by atoms with Gasteiger partial charge in [0, 0.05) is 37.1 Å². The molecule has 26 heavy (non-hydrogen) atoms. The zero-order chi connectivity index (χ0) is 18.5. The predicted molar refractivity (Wildman–Crippen MR) is 100 cm³/mol. The summed E-state index contributed by atoms with van der Waals surface area (Å²) in [4.78, 5) is 14.1. The van der Waals surface area contributed by atoms with Crippen molar-refractivity contribution in [2.24, 2.45) is 0 Å². The number of halogens is 1. The molecule has 0 atom stereocenters. The summed E-state index contributed by atoms with van der Waals surface area (Å²) in [7, 11) is 3.86. The molecule has 0 aliphatic rings. The van der Waals surface area contributed by atoms with Gasteiger partial charge in [-0.1, -0.05) is 0 Å². The van der Waals surface area contributed by atoms with Crippen molar-refractivity contribution in [1.82, 2.24) is 10.2 Å². The number of anilines is 4. The fourth-order valence-electron chi connectivity index (χ4n) is 2.25. The molecule has 3 rings (SSSR count). The van der Waals surface area contributed by atoms with E-state index in [0.717, 1.165) is 11.4 Å². The number of rotatable bonds is 5. The van der Waals surface area contributed by atoms with Crippen molar-refractivity contribution in [2.45, 2.75) is 0 Å². The molecule has 0 aliphatic heterocycles. The first-order valence-electron chi connectivity index (χ1n) is 7.95. The number of hydrogen-bond acceptors (Lipinski definition) is 5. The molecule has 2 N–H and O–H groups in total. The molecular weight excluding hydrogens is 333 g/mol. The number of carbonyl (C=O) groups is 1. The van der Waals surface area contributed by atoms with Gasteiger partial charge in [-0.2, -0.15) is 5.10 Å². The monoisotopic (exact) mass is 351 g/mol. The summed E-state index contributed by atoms with van der Waals surface area (Å²) in [5.74, 6) is -0.0482. The molecule has 0 saturated carbocycles. The van der Waals surface area contributed by atoms with Gasteiger partial charge in [0.1, 0.15) is 5.82 Å². The molecule has 0 radical (unpaired) electrons. The second-order valence-electron chi connectivity index (χ2n) is 5.86. The van der Waals surface area contributed by atoms with Crippen molar-refractivity contribution in [3.05, 3.63) is 72.2 Å². The molecule has 7 heteroatoms. The van der Waals surface area contributed by atoms with E-state index in [1.807, 2.05) is 37.2 Å². The highest BCUT2D eigenvalue weighted by Gasteiger charge is 2.06. The van der Waals surface area contributed by atoms with Gasteiger partial charge in [-0.25, -0.2) is 4.39 Å². The Bertz CT molecular complexity index is 895. The smallest absolute Gasteiger partial charge is 0.255 e.